The largest absolute Gasteiger partial charge is 0.389 e. The SMILES string of the molecule is CCOC1CCCN(c2cc(C(N)=S)cc(C)n2)C1. The van der Waals surface area contributed by atoms with Crippen LogP contribution in [-0.2, 0) is 4.74 Å². The van der Waals surface area contributed by atoms with Gasteiger partial charge >= 0.3 is 0 Å². The molecule has 0 amide bonds. The Bertz CT molecular complexity index is 462. The molecule has 0 radical (unpaired) electrons. The van der Waals surface area contributed by atoms with E-state index in [1.165, 1.54) is 0 Å². The van der Waals surface area contributed by atoms with Gasteiger partial charge in [0.05, 0.1) is 6.10 Å². The van der Waals surface area contributed by atoms with Crippen LogP contribution in [-0.4, -0.2) is 35.8 Å². The van der Waals surface area contributed by atoms with Crippen molar-refractivity contribution in [2.75, 3.05) is 24.6 Å². The first-order chi connectivity index (χ1) is 9.10. The molecule has 1 aromatic heterocycles. The zero-order chi connectivity index (χ0) is 13.8. The Labute approximate surface area is 120 Å². The van der Waals surface area contributed by atoms with Gasteiger partial charge in [-0.15, -0.1) is 0 Å². The van der Waals surface area contributed by atoms with Gasteiger partial charge in [0.15, 0.2) is 0 Å². The van der Waals surface area contributed by atoms with Crippen molar-refractivity contribution in [3.05, 3.63) is 23.4 Å². The molecule has 2 heterocycles. The third kappa shape index (κ3) is 3.64. The van der Waals surface area contributed by atoms with Crippen molar-refractivity contribution in [1.29, 1.82) is 0 Å². The summed E-state index contributed by atoms with van der Waals surface area (Å²) >= 11 is 5.05. The fourth-order valence-electron chi connectivity index (χ4n) is 2.47. The van der Waals surface area contributed by atoms with Crippen molar-refractivity contribution in [1.82, 2.24) is 4.98 Å². The van der Waals surface area contributed by atoms with Crippen LogP contribution in [0, 0.1) is 6.92 Å². The van der Waals surface area contributed by atoms with Gasteiger partial charge in [0.2, 0.25) is 0 Å². The number of anilines is 1. The van der Waals surface area contributed by atoms with Gasteiger partial charge in [0.25, 0.3) is 0 Å². The molecule has 1 unspecified atom stereocenters. The Morgan fingerprint density at radius 1 is 1.58 bits per heavy atom. The number of aryl methyl sites for hydroxylation is 1. The second-order valence-electron chi connectivity index (χ2n) is 4.89. The normalized spacial score (nSPS) is 19.5. The Balaban J connectivity index is 2.18. The van der Waals surface area contributed by atoms with Gasteiger partial charge in [0.1, 0.15) is 10.8 Å². The highest BCUT2D eigenvalue weighted by Crippen LogP contribution is 2.21. The topological polar surface area (TPSA) is 51.4 Å². The number of pyridine rings is 1. The van der Waals surface area contributed by atoms with Crippen LogP contribution in [0.3, 0.4) is 0 Å². The lowest BCUT2D eigenvalue weighted by molar-refractivity contribution is 0.0525. The lowest BCUT2D eigenvalue weighted by Gasteiger charge is -2.33. The summed E-state index contributed by atoms with van der Waals surface area (Å²) in [5, 5.41) is 0. The average molecular weight is 279 g/mol. The van der Waals surface area contributed by atoms with Crippen LogP contribution in [0.2, 0.25) is 0 Å². The lowest BCUT2D eigenvalue weighted by atomic mass is 10.1. The number of ether oxygens (including phenoxy) is 1. The molecule has 1 fully saturated rings. The van der Waals surface area contributed by atoms with E-state index < -0.39 is 0 Å². The van der Waals surface area contributed by atoms with Gasteiger partial charge in [-0.05, 0) is 38.8 Å². The third-order valence-corrected chi connectivity index (χ3v) is 3.56. The first-order valence-electron chi connectivity index (χ1n) is 6.75. The first kappa shape index (κ1) is 14.2. The quantitative estimate of drug-likeness (QED) is 0.855. The van der Waals surface area contributed by atoms with Crippen LogP contribution < -0.4 is 10.6 Å². The van der Waals surface area contributed by atoms with Gasteiger partial charge in [-0.2, -0.15) is 0 Å². The highest BCUT2D eigenvalue weighted by molar-refractivity contribution is 7.80. The maximum absolute atomic E-state index is 5.72. The molecule has 1 aliphatic rings. The molecule has 1 aromatic rings. The molecule has 2 N–H and O–H groups in total. The highest BCUT2D eigenvalue weighted by Gasteiger charge is 2.21. The Kier molecular flexibility index (Phi) is 4.71. The van der Waals surface area contributed by atoms with Gasteiger partial charge in [-0.1, -0.05) is 12.2 Å². The first-order valence-corrected chi connectivity index (χ1v) is 7.16. The summed E-state index contributed by atoms with van der Waals surface area (Å²) in [7, 11) is 0. The molecule has 0 bridgehead atoms. The molecular weight excluding hydrogens is 258 g/mol. The molecular formula is C14H21N3OS. The number of piperidine rings is 1. The zero-order valence-corrected chi connectivity index (χ0v) is 12.4. The molecule has 19 heavy (non-hydrogen) atoms. The summed E-state index contributed by atoms with van der Waals surface area (Å²) in [5.41, 5.74) is 7.55. The van der Waals surface area contributed by atoms with E-state index >= 15 is 0 Å². The lowest BCUT2D eigenvalue weighted by Crippen LogP contribution is -2.40. The van der Waals surface area contributed by atoms with Gasteiger partial charge in [-0.3, -0.25) is 0 Å². The standard InChI is InChI=1S/C14H21N3OS/c1-3-18-12-5-4-6-17(9-12)13-8-11(14(15)19)7-10(2)16-13/h7-8,12H,3-6,9H2,1-2H3,(H2,15,19). The van der Waals surface area contributed by atoms with Crippen LogP contribution in [0.25, 0.3) is 0 Å². The van der Waals surface area contributed by atoms with Crippen LogP contribution in [0.15, 0.2) is 12.1 Å². The van der Waals surface area contributed by atoms with Crippen molar-refractivity contribution in [3.63, 3.8) is 0 Å². The predicted molar refractivity (Wildman–Crippen MR) is 81.7 cm³/mol. The molecule has 0 spiro atoms. The molecule has 0 aromatic carbocycles. The van der Waals surface area contributed by atoms with Crippen molar-refractivity contribution < 1.29 is 4.74 Å². The molecule has 1 aliphatic heterocycles. The van der Waals surface area contributed by atoms with E-state index in [2.05, 4.69) is 9.88 Å². The minimum Gasteiger partial charge on any atom is -0.389 e. The van der Waals surface area contributed by atoms with E-state index in [0.717, 1.165) is 49.6 Å². The number of nitrogens with zero attached hydrogens (tertiary/aromatic N) is 2. The van der Waals surface area contributed by atoms with Gasteiger partial charge in [0, 0.05) is 31.0 Å². The van der Waals surface area contributed by atoms with E-state index in [1.54, 1.807) is 0 Å². The minimum atomic E-state index is 0.300. The maximum Gasteiger partial charge on any atom is 0.129 e. The van der Waals surface area contributed by atoms with Crippen LogP contribution >= 0.6 is 12.2 Å². The second kappa shape index (κ2) is 6.30. The van der Waals surface area contributed by atoms with Crippen LogP contribution in [0.5, 0.6) is 0 Å². The molecule has 1 saturated heterocycles. The van der Waals surface area contributed by atoms with Crippen LogP contribution in [0.1, 0.15) is 31.0 Å². The average Bonchev–Trinajstić information content (AvgIpc) is 2.38. The summed E-state index contributed by atoms with van der Waals surface area (Å²) in [6.45, 7) is 6.67. The van der Waals surface area contributed by atoms with Crippen molar-refractivity contribution in [3.8, 4) is 0 Å². The van der Waals surface area contributed by atoms with E-state index in [9.17, 15) is 0 Å². The van der Waals surface area contributed by atoms with E-state index in [1.807, 2.05) is 26.0 Å². The molecule has 0 saturated carbocycles. The van der Waals surface area contributed by atoms with Crippen molar-refractivity contribution in [2.45, 2.75) is 32.8 Å². The molecule has 2 rings (SSSR count). The molecule has 4 nitrogen and oxygen atoms in total. The predicted octanol–water partition coefficient (Wildman–Crippen LogP) is 2.03. The molecule has 5 heteroatoms. The van der Waals surface area contributed by atoms with E-state index in [-0.39, 0.29) is 0 Å². The van der Waals surface area contributed by atoms with E-state index in [4.69, 9.17) is 22.7 Å². The Hall–Kier alpha value is -1.20. The number of aromatic nitrogens is 1. The minimum absolute atomic E-state index is 0.300. The number of rotatable bonds is 4. The van der Waals surface area contributed by atoms with Crippen LogP contribution in [0.4, 0.5) is 5.82 Å². The Morgan fingerprint density at radius 3 is 3.05 bits per heavy atom. The number of nitrogens with two attached hydrogens (primary N) is 1. The summed E-state index contributed by atoms with van der Waals surface area (Å²) in [5.74, 6) is 0.951. The summed E-state index contributed by atoms with van der Waals surface area (Å²) in [6.07, 6.45) is 2.55. The fourth-order valence-corrected chi connectivity index (χ4v) is 2.59. The van der Waals surface area contributed by atoms with Gasteiger partial charge in [-0.25, -0.2) is 4.98 Å². The van der Waals surface area contributed by atoms with Crippen molar-refractivity contribution >= 4 is 23.0 Å². The summed E-state index contributed by atoms with van der Waals surface area (Å²) in [6, 6.07) is 3.90. The number of thiocarbonyl (C=S) groups is 1. The number of hydrogen-bond donors (Lipinski definition) is 1. The molecule has 0 aliphatic carbocycles. The monoisotopic (exact) mass is 279 g/mol. The molecule has 1 atom stereocenters. The summed E-state index contributed by atoms with van der Waals surface area (Å²) in [4.78, 5) is 7.27. The van der Waals surface area contributed by atoms with Crippen molar-refractivity contribution in [2.24, 2.45) is 5.73 Å². The third-order valence-electron chi connectivity index (χ3n) is 3.33. The second-order valence-corrected chi connectivity index (χ2v) is 5.33. The fraction of sp³-hybridized carbons (Fsp3) is 0.571. The van der Waals surface area contributed by atoms with E-state index in [0.29, 0.717) is 11.1 Å². The number of hydrogen-bond acceptors (Lipinski definition) is 4. The summed E-state index contributed by atoms with van der Waals surface area (Å²) < 4.78 is 5.72. The smallest absolute Gasteiger partial charge is 0.129 e. The molecule has 104 valence electrons. The highest BCUT2D eigenvalue weighted by atomic mass is 32.1. The van der Waals surface area contributed by atoms with Gasteiger partial charge < -0.3 is 15.4 Å². The maximum atomic E-state index is 5.72. The Morgan fingerprint density at radius 2 is 2.37 bits per heavy atom. The zero-order valence-electron chi connectivity index (χ0n) is 11.6.